The Kier molecular flexibility index (Phi) is 5.78. The Labute approximate surface area is 131 Å². The molecule has 0 unspecified atom stereocenters. The molecule has 0 bridgehead atoms. The maximum absolute atomic E-state index is 12.1. The highest BCUT2D eigenvalue weighted by Gasteiger charge is 2.04. The lowest BCUT2D eigenvalue weighted by Gasteiger charge is -2.09. The molecule has 2 heterocycles. The molecule has 0 atom stereocenters. The van der Waals surface area contributed by atoms with Crippen LogP contribution in [0.25, 0.3) is 0 Å². The summed E-state index contributed by atoms with van der Waals surface area (Å²) >= 11 is 7.38. The maximum atomic E-state index is 12.1. The molecule has 7 heteroatoms. The molecule has 0 aliphatic carbocycles. The molecule has 0 saturated carbocycles. The van der Waals surface area contributed by atoms with Gasteiger partial charge in [-0.3, -0.25) is 9.36 Å². The summed E-state index contributed by atoms with van der Waals surface area (Å²) in [5.41, 5.74) is -0.501. The van der Waals surface area contributed by atoms with Crippen molar-refractivity contribution in [3.8, 4) is 0 Å². The van der Waals surface area contributed by atoms with Crippen molar-refractivity contribution in [3.05, 3.63) is 54.4 Å². The number of hydrogen-bond donors (Lipinski definition) is 1. The van der Waals surface area contributed by atoms with E-state index in [9.17, 15) is 9.59 Å². The quantitative estimate of drug-likeness (QED) is 0.791. The van der Waals surface area contributed by atoms with Crippen LogP contribution in [0, 0.1) is 0 Å². The van der Waals surface area contributed by atoms with Gasteiger partial charge in [0.25, 0.3) is 5.56 Å². The largest absolute Gasteiger partial charge is 0.331 e. The van der Waals surface area contributed by atoms with E-state index in [1.165, 1.54) is 22.0 Å². The van der Waals surface area contributed by atoms with Gasteiger partial charge in [0, 0.05) is 43.3 Å². The Balaban J connectivity index is 1.95. The van der Waals surface area contributed by atoms with E-state index in [4.69, 9.17) is 11.6 Å². The van der Waals surface area contributed by atoms with Crippen molar-refractivity contribution in [2.45, 2.75) is 33.0 Å². The normalized spacial score (nSPS) is 11.0. The first kappa shape index (κ1) is 16.0. The van der Waals surface area contributed by atoms with Crippen LogP contribution in [0.1, 0.15) is 18.2 Å². The predicted molar refractivity (Wildman–Crippen MR) is 86.3 cm³/mol. The molecule has 0 aliphatic rings. The van der Waals surface area contributed by atoms with Gasteiger partial charge in [-0.2, -0.15) is 0 Å². The van der Waals surface area contributed by atoms with Crippen molar-refractivity contribution in [3.63, 3.8) is 0 Å². The Hall–Kier alpha value is -1.37. The number of aromatic nitrogens is 2. The van der Waals surface area contributed by atoms with Crippen molar-refractivity contribution in [2.75, 3.05) is 6.54 Å². The number of thiophene rings is 1. The molecule has 0 aliphatic heterocycles. The van der Waals surface area contributed by atoms with Crippen molar-refractivity contribution < 1.29 is 0 Å². The standard InChI is InChI=1S/C14H18ClN3O2S/c1-2-7-17-8-5-13(19)18(14(17)20)9-6-16-10-11-3-4-12(15)21-11/h3-5,8,16H,2,6-7,9-10H2,1H3. The highest BCUT2D eigenvalue weighted by molar-refractivity contribution is 7.16. The van der Waals surface area contributed by atoms with Gasteiger partial charge in [-0.25, -0.2) is 4.79 Å². The fourth-order valence-corrected chi connectivity index (χ4v) is 3.08. The van der Waals surface area contributed by atoms with E-state index in [0.717, 1.165) is 15.6 Å². The molecule has 0 fully saturated rings. The van der Waals surface area contributed by atoms with Crippen molar-refractivity contribution in [1.82, 2.24) is 14.5 Å². The SMILES string of the molecule is CCCn1ccc(=O)n(CCNCc2ccc(Cl)s2)c1=O. The fraction of sp³-hybridized carbons (Fsp3) is 0.429. The minimum atomic E-state index is -0.256. The lowest BCUT2D eigenvalue weighted by molar-refractivity contribution is 0.521. The smallest absolute Gasteiger partial charge is 0.310 e. The fourth-order valence-electron chi connectivity index (χ4n) is 2.02. The van der Waals surface area contributed by atoms with Crippen molar-refractivity contribution >= 4 is 22.9 Å². The number of nitrogens with one attached hydrogen (secondary N) is 1. The van der Waals surface area contributed by atoms with Crippen LogP contribution in [-0.2, 0) is 19.6 Å². The van der Waals surface area contributed by atoms with Crippen LogP contribution in [0.15, 0.2) is 34.0 Å². The van der Waals surface area contributed by atoms with Crippen molar-refractivity contribution in [1.29, 1.82) is 0 Å². The highest BCUT2D eigenvalue weighted by atomic mass is 35.5. The third kappa shape index (κ3) is 4.30. The summed E-state index contributed by atoms with van der Waals surface area (Å²) in [4.78, 5) is 25.0. The van der Waals surface area contributed by atoms with E-state index >= 15 is 0 Å². The van der Waals surface area contributed by atoms with Gasteiger partial charge in [-0.15, -0.1) is 11.3 Å². The molecule has 2 aromatic heterocycles. The van der Waals surface area contributed by atoms with Crippen LogP contribution in [-0.4, -0.2) is 15.7 Å². The second-order valence-electron chi connectivity index (χ2n) is 4.66. The molecule has 2 rings (SSSR count). The van der Waals surface area contributed by atoms with Crippen LogP contribution in [0.2, 0.25) is 4.34 Å². The van der Waals surface area contributed by atoms with E-state index in [1.807, 2.05) is 19.1 Å². The highest BCUT2D eigenvalue weighted by Crippen LogP contribution is 2.20. The Morgan fingerprint density at radius 1 is 1.24 bits per heavy atom. The molecule has 5 nitrogen and oxygen atoms in total. The second kappa shape index (κ2) is 7.59. The van der Waals surface area contributed by atoms with Crippen LogP contribution in [0.3, 0.4) is 0 Å². The summed E-state index contributed by atoms with van der Waals surface area (Å²) < 4.78 is 3.60. The number of nitrogens with zero attached hydrogens (tertiary/aromatic N) is 2. The minimum absolute atomic E-state index is 0.245. The molecule has 2 aromatic rings. The summed E-state index contributed by atoms with van der Waals surface area (Å²) in [6, 6.07) is 5.26. The topological polar surface area (TPSA) is 56.0 Å². The first-order chi connectivity index (χ1) is 10.1. The third-order valence-corrected chi connectivity index (χ3v) is 4.28. The molecule has 0 radical (unpaired) electrons. The molecule has 0 saturated heterocycles. The van der Waals surface area contributed by atoms with E-state index in [0.29, 0.717) is 26.2 Å². The number of hydrogen-bond acceptors (Lipinski definition) is 4. The molecule has 0 amide bonds. The lowest BCUT2D eigenvalue weighted by atomic mass is 10.4. The average Bonchev–Trinajstić information content (AvgIpc) is 2.87. The second-order valence-corrected chi connectivity index (χ2v) is 6.46. The van der Waals surface area contributed by atoms with Gasteiger partial charge in [-0.1, -0.05) is 18.5 Å². The van der Waals surface area contributed by atoms with Gasteiger partial charge in [0.05, 0.1) is 4.34 Å². The average molecular weight is 328 g/mol. The van der Waals surface area contributed by atoms with Gasteiger partial charge in [0.2, 0.25) is 0 Å². The zero-order valence-electron chi connectivity index (χ0n) is 11.8. The van der Waals surface area contributed by atoms with Crippen LogP contribution >= 0.6 is 22.9 Å². The summed E-state index contributed by atoms with van der Waals surface area (Å²) in [5.74, 6) is 0. The number of rotatable bonds is 7. The van der Waals surface area contributed by atoms with E-state index in [-0.39, 0.29) is 11.2 Å². The van der Waals surface area contributed by atoms with Gasteiger partial charge < -0.3 is 9.88 Å². The molecule has 114 valence electrons. The zero-order valence-corrected chi connectivity index (χ0v) is 13.4. The number of aryl methyl sites for hydroxylation is 1. The predicted octanol–water partition coefficient (Wildman–Crippen LogP) is 1.92. The first-order valence-corrected chi connectivity index (χ1v) is 8.06. The van der Waals surface area contributed by atoms with E-state index in [1.54, 1.807) is 10.8 Å². The minimum Gasteiger partial charge on any atom is -0.310 e. The number of halogens is 1. The van der Waals surface area contributed by atoms with Crippen molar-refractivity contribution in [2.24, 2.45) is 0 Å². The van der Waals surface area contributed by atoms with Gasteiger partial charge in [0.15, 0.2) is 0 Å². The Morgan fingerprint density at radius 3 is 2.71 bits per heavy atom. The lowest BCUT2D eigenvalue weighted by Crippen LogP contribution is -2.41. The summed E-state index contributed by atoms with van der Waals surface area (Å²) in [5, 5.41) is 3.21. The van der Waals surface area contributed by atoms with Crippen LogP contribution in [0.5, 0.6) is 0 Å². The summed E-state index contributed by atoms with van der Waals surface area (Å²) in [6.07, 6.45) is 2.42. The monoisotopic (exact) mass is 327 g/mol. The van der Waals surface area contributed by atoms with Crippen LogP contribution in [0.4, 0.5) is 0 Å². The zero-order chi connectivity index (χ0) is 15.2. The van der Waals surface area contributed by atoms with Gasteiger partial charge in [0.1, 0.15) is 0 Å². The summed E-state index contributed by atoms with van der Waals surface area (Å²) in [6.45, 7) is 4.22. The molecular formula is C14H18ClN3O2S. The molecule has 0 spiro atoms. The first-order valence-electron chi connectivity index (χ1n) is 6.87. The summed E-state index contributed by atoms with van der Waals surface area (Å²) in [7, 11) is 0. The Morgan fingerprint density at radius 2 is 2.05 bits per heavy atom. The molecule has 21 heavy (non-hydrogen) atoms. The van der Waals surface area contributed by atoms with E-state index < -0.39 is 0 Å². The maximum Gasteiger partial charge on any atom is 0.331 e. The molecule has 0 aromatic carbocycles. The molecule has 1 N–H and O–H groups in total. The van der Waals surface area contributed by atoms with Gasteiger partial charge >= 0.3 is 5.69 Å². The molecular weight excluding hydrogens is 310 g/mol. The van der Waals surface area contributed by atoms with Crippen LogP contribution < -0.4 is 16.6 Å². The third-order valence-electron chi connectivity index (χ3n) is 3.04. The Bertz CT molecular complexity index is 705. The van der Waals surface area contributed by atoms with E-state index in [2.05, 4.69) is 5.32 Å². The van der Waals surface area contributed by atoms with Gasteiger partial charge in [-0.05, 0) is 18.6 Å².